The van der Waals surface area contributed by atoms with Gasteiger partial charge in [0.1, 0.15) is 5.75 Å². The van der Waals surface area contributed by atoms with Crippen LogP contribution in [0.15, 0.2) is 24.3 Å². The van der Waals surface area contributed by atoms with Gasteiger partial charge in [-0.3, -0.25) is 4.90 Å². The van der Waals surface area contributed by atoms with Crippen LogP contribution in [0, 0.1) is 0 Å². The SMILES string of the molecule is COc1ccc(CN(CCCN)C2CCCCCC2)cc1. The molecule has 21 heavy (non-hydrogen) atoms. The summed E-state index contributed by atoms with van der Waals surface area (Å²) in [5, 5.41) is 0. The maximum absolute atomic E-state index is 5.73. The summed E-state index contributed by atoms with van der Waals surface area (Å²) in [6, 6.07) is 9.23. The number of ether oxygens (including phenoxy) is 1. The lowest BCUT2D eigenvalue weighted by Crippen LogP contribution is -2.36. The summed E-state index contributed by atoms with van der Waals surface area (Å²) in [7, 11) is 1.72. The van der Waals surface area contributed by atoms with E-state index in [1.807, 2.05) is 0 Å². The highest BCUT2D eigenvalue weighted by molar-refractivity contribution is 5.27. The molecule has 2 rings (SSSR count). The van der Waals surface area contributed by atoms with Crippen molar-refractivity contribution in [3.63, 3.8) is 0 Å². The van der Waals surface area contributed by atoms with Crippen LogP contribution in [0.3, 0.4) is 0 Å². The van der Waals surface area contributed by atoms with Gasteiger partial charge in [0.15, 0.2) is 0 Å². The molecule has 0 aromatic heterocycles. The van der Waals surface area contributed by atoms with Crippen LogP contribution in [0.4, 0.5) is 0 Å². The van der Waals surface area contributed by atoms with E-state index in [9.17, 15) is 0 Å². The molecule has 1 aliphatic rings. The average molecular weight is 290 g/mol. The average Bonchev–Trinajstić information content (AvgIpc) is 2.81. The Morgan fingerprint density at radius 2 is 1.76 bits per heavy atom. The second kappa shape index (κ2) is 9.06. The van der Waals surface area contributed by atoms with E-state index in [2.05, 4.69) is 29.2 Å². The van der Waals surface area contributed by atoms with Crippen molar-refractivity contribution in [2.45, 2.75) is 57.5 Å². The van der Waals surface area contributed by atoms with Crippen LogP contribution in [0.25, 0.3) is 0 Å². The molecule has 1 aliphatic carbocycles. The van der Waals surface area contributed by atoms with Crippen LogP contribution in [-0.2, 0) is 6.54 Å². The van der Waals surface area contributed by atoms with Crippen LogP contribution >= 0.6 is 0 Å². The first-order valence-corrected chi connectivity index (χ1v) is 8.40. The van der Waals surface area contributed by atoms with Crippen LogP contribution in [0.5, 0.6) is 5.75 Å². The summed E-state index contributed by atoms with van der Waals surface area (Å²) in [5.41, 5.74) is 7.10. The zero-order valence-corrected chi connectivity index (χ0v) is 13.4. The summed E-state index contributed by atoms with van der Waals surface area (Å²) in [5.74, 6) is 0.932. The third kappa shape index (κ3) is 5.33. The minimum Gasteiger partial charge on any atom is -0.497 e. The van der Waals surface area contributed by atoms with Gasteiger partial charge in [-0.25, -0.2) is 0 Å². The molecule has 1 aromatic rings. The normalized spacial score (nSPS) is 16.9. The number of methoxy groups -OCH3 is 1. The molecule has 1 aromatic carbocycles. The smallest absolute Gasteiger partial charge is 0.118 e. The van der Waals surface area contributed by atoms with Gasteiger partial charge < -0.3 is 10.5 Å². The molecule has 0 aliphatic heterocycles. The lowest BCUT2D eigenvalue weighted by molar-refractivity contribution is 0.169. The van der Waals surface area contributed by atoms with Crippen molar-refractivity contribution in [2.24, 2.45) is 5.73 Å². The molecule has 3 heteroatoms. The van der Waals surface area contributed by atoms with Gasteiger partial charge in [-0.2, -0.15) is 0 Å². The zero-order valence-electron chi connectivity index (χ0n) is 13.4. The van der Waals surface area contributed by atoms with Gasteiger partial charge in [-0.05, 0) is 50.0 Å². The van der Waals surface area contributed by atoms with E-state index >= 15 is 0 Å². The third-order valence-corrected chi connectivity index (χ3v) is 4.54. The minimum absolute atomic E-state index is 0.737. The predicted octanol–water partition coefficient (Wildman–Crippen LogP) is 3.57. The van der Waals surface area contributed by atoms with Crippen molar-refractivity contribution in [3.8, 4) is 5.75 Å². The lowest BCUT2D eigenvalue weighted by Gasteiger charge is -2.31. The van der Waals surface area contributed by atoms with E-state index in [1.165, 1.54) is 44.1 Å². The Kier molecular flexibility index (Phi) is 7.04. The number of hydrogen-bond acceptors (Lipinski definition) is 3. The Balaban J connectivity index is 1.99. The minimum atomic E-state index is 0.737. The van der Waals surface area contributed by atoms with Crippen molar-refractivity contribution in [3.05, 3.63) is 29.8 Å². The molecule has 0 bridgehead atoms. The fourth-order valence-electron chi connectivity index (χ4n) is 3.27. The largest absolute Gasteiger partial charge is 0.497 e. The van der Waals surface area contributed by atoms with E-state index in [0.29, 0.717) is 0 Å². The molecule has 3 nitrogen and oxygen atoms in total. The van der Waals surface area contributed by atoms with E-state index in [-0.39, 0.29) is 0 Å². The Morgan fingerprint density at radius 3 is 2.33 bits per heavy atom. The molecule has 1 fully saturated rings. The van der Waals surface area contributed by atoms with Crippen LogP contribution < -0.4 is 10.5 Å². The summed E-state index contributed by atoms with van der Waals surface area (Å²) in [6.07, 6.45) is 9.36. The first-order chi connectivity index (χ1) is 10.3. The molecule has 0 amide bonds. The van der Waals surface area contributed by atoms with Crippen molar-refractivity contribution in [1.82, 2.24) is 4.90 Å². The van der Waals surface area contributed by atoms with Gasteiger partial charge in [0.05, 0.1) is 7.11 Å². The second-order valence-corrected chi connectivity index (χ2v) is 6.11. The molecular weight excluding hydrogens is 260 g/mol. The zero-order chi connectivity index (χ0) is 14.9. The van der Waals surface area contributed by atoms with Gasteiger partial charge >= 0.3 is 0 Å². The number of nitrogens with zero attached hydrogens (tertiary/aromatic N) is 1. The maximum atomic E-state index is 5.73. The Morgan fingerprint density at radius 1 is 1.10 bits per heavy atom. The molecule has 118 valence electrons. The molecule has 0 unspecified atom stereocenters. The Hall–Kier alpha value is -1.06. The molecular formula is C18H30N2O. The fraction of sp³-hybridized carbons (Fsp3) is 0.667. The Labute approximate surface area is 129 Å². The van der Waals surface area contributed by atoms with Crippen LogP contribution in [0.1, 0.15) is 50.5 Å². The van der Waals surface area contributed by atoms with Gasteiger partial charge in [0.2, 0.25) is 0 Å². The van der Waals surface area contributed by atoms with Crippen LogP contribution in [0.2, 0.25) is 0 Å². The van der Waals surface area contributed by atoms with Crippen molar-refractivity contribution >= 4 is 0 Å². The molecule has 1 saturated carbocycles. The highest BCUT2D eigenvalue weighted by Gasteiger charge is 2.19. The molecule has 0 saturated heterocycles. The maximum Gasteiger partial charge on any atom is 0.118 e. The number of benzene rings is 1. The lowest BCUT2D eigenvalue weighted by atomic mass is 10.1. The van der Waals surface area contributed by atoms with E-state index in [4.69, 9.17) is 10.5 Å². The quantitative estimate of drug-likeness (QED) is 0.780. The monoisotopic (exact) mass is 290 g/mol. The summed E-state index contributed by atoms with van der Waals surface area (Å²) < 4.78 is 5.24. The molecule has 0 radical (unpaired) electrons. The second-order valence-electron chi connectivity index (χ2n) is 6.11. The molecule has 0 spiro atoms. The first-order valence-electron chi connectivity index (χ1n) is 8.40. The van der Waals surface area contributed by atoms with Crippen molar-refractivity contribution < 1.29 is 4.74 Å². The van der Waals surface area contributed by atoms with Crippen molar-refractivity contribution in [1.29, 1.82) is 0 Å². The molecule has 2 N–H and O–H groups in total. The van der Waals surface area contributed by atoms with Crippen LogP contribution in [-0.4, -0.2) is 31.1 Å². The van der Waals surface area contributed by atoms with Crippen molar-refractivity contribution in [2.75, 3.05) is 20.2 Å². The fourth-order valence-corrected chi connectivity index (χ4v) is 3.27. The highest BCUT2D eigenvalue weighted by Crippen LogP contribution is 2.24. The number of rotatable bonds is 7. The number of hydrogen-bond donors (Lipinski definition) is 1. The summed E-state index contributed by atoms with van der Waals surface area (Å²) in [6.45, 7) is 2.94. The standard InChI is InChI=1S/C18H30N2O/c1-21-18-11-9-16(10-12-18)15-20(14-6-13-19)17-7-4-2-3-5-8-17/h9-12,17H,2-8,13-15,19H2,1H3. The van der Waals surface area contributed by atoms with E-state index in [1.54, 1.807) is 7.11 Å². The highest BCUT2D eigenvalue weighted by atomic mass is 16.5. The topological polar surface area (TPSA) is 38.5 Å². The van der Waals surface area contributed by atoms with Gasteiger partial charge in [0.25, 0.3) is 0 Å². The summed E-state index contributed by atoms with van der Waals surface area (Å²) in [4.78, 5) is 2.65. The van der Waals surface area contributed by atoms with Gasteiger partial charge in [0, 0.05) is 12.6 Å². The first kappa shape index (κ1) is 16.3. The Bertz CT molecular complexity index is 383. The van der Waals surface area contributed by atoms with E-state index < -0.39 is 0 Å². The van der Waals surface area contributed by atoms with Gasteiger partial charge in [-0.1, -0.05) is 37.8 Å². The van der Waals surface area contributed by atoms with E-state index in [0.717, 1.165) is 37.8 Å². The predicted molar refractivity (Wildman–Crippen MR) is 88.6 cm³/mol. The number of nitrogens with two attached hydrogens (primary N) is 1. The molecule has 0 atom stereocenters. The summed E-state index contributed by atoms with van der Waals surface area (Å²) >= 11 is 0. The third-order valence-electron chi connectivity index (χ3n) is 4.54. The van der Waals surface area contributed by atoms with Gasteiger partial charge in [-0.15, -0.1) is 0 Å². The molecule has 0 heterocycles.